The van der Waals surface area contributed by atoms with Gasteiger partial charge in [-0.05, 0) is 56.3 Å². The van der Waals surface area contributed by atoms with Crippen LogP contribution in [0.4, 0.5) is 5.95 Å². The summed E-state index contributed by atoms with van der Waals surface area (Å²) in [6, 6.07) is 0. The van der Waals surface area contributed by atoms with Gasteiger partial charge in [0.2, 0.25) is 5.95 Å². The molecule has 0 aliphatic heterocycles. The maximum absolute atomic E-state index is 5.89. The van der Waals surface area contributed by atoms with E-state index in [1.165, 1.54) is 38.5 Å². The molecule has 0 spiro atoms. The summed E-state index contributed by atoms with van der Waals surface area (Å²) >= 11 is 0. The Bertz CT molecular complexity index is 435. The predicted octanol–water partition coefficient (Wildman–Crippen LogP) is 1.70. The average molecular weight is 261 g/mol. The molecule has 19 heavy (non-hydrogen) atoms. The van der Waals surface area contributed by atoms with Crippen LogP contribution in [0.5, 0.6) is 0 Å². The van der Waals surface area contributed by atoms with Gasteiger partial charge in [-0.25, -0.2) is 0 Å². The van der Waals surface area contributed by atoms with E-state index in [9.17, 15) is 0 Å². The monoisotopic (exact) mass is 261 g/mol. The summed E-state index contributed by atoms with van der Waals surface area (Å²) < 4.78 is 2.36. The van der Waals surface area contributed by atoms with Crippen molar-refractivity contribution in [2.75, 3.05) is 12.4 Å². The molecule has 0 amide bonds. The lowest BCUT2D eigenvalue weighted by atomic mass is 9.53. The van der Waals surface area contributed by atoms with E-state index in [0.29, 0.717) is 6.54 Å². The van der Waals surface area contributed by atoms with E-state index in [4.69, 9.17) is 5.73 Å². The highest BCUT2D eigenvalue weighted by molar-refractivity contribution is 5.29. The molecule has 5 heteroatoms. The maximum atomic E-state index is 5.89. The van der Waals surface area contributed by atoms with Gasteiger partial charge in [0, 0.05) is 7.05 Å². The van der Waals surface area contributed by atoms with Crippen LogP contribution in [0.25, 0.3) is 0 Å². The van der Waals surface area contributed by atoms with Crippen molar-refractivity contribution < 1.29 is 0 Å². The van der Waals surface area contributed by atoms with Crippen molar-refractivity contribution >= 4 is 5.95 Å². The molecular weight excluding hydrogens is 238 g/mol. The normalized spacial score (nSPS) is 39.8. The van der Waals surface area contributed by atoms with Gasteiger partial charge in [-0.15, -0.1) is 10.2 Å². The number of rotatable bonds is 3. The summed E-state index contributed by atoms with van der Waals surface area (Å²) in [7, 11) is 1.93. The number of hydrogen-bond donors (Lipinski definition) is 2. The van der Waals surface area contributed by atoms with Crippen LogP contribution in [0.1, 0.15) is 44.3 Å². The van der Waals surface area contributed by atoms with E-state index in [0.717, 1.165) is 29.5 Å². The molecule has 4 aliphatic rings. The quantitative estimate of drug-likeness (QED) is 0.869. The lowest BCUT2D eigenvalue weighted by molar-refractivity contribution is -0.0434. The molecular formula is C14H23N5. The van der Waals surface area contributed by atoms with Crippen molar-refractivity contribution in [1.29, 1.82) is 0 Å². The molecule has 4 fully saturated rings. The molecule has 1 aromatic rings. The third-order valence-electron chi connectivity index (χ3n) is 5.62. The molecule has 1 heterocycles. The molecule has 0 aromatic carbocycles. The predicted molar refractivity (Wildman–Crippen MR) is 73.6 cm³/mol. The summed E-state index contributed by atoms with van der Waals surface area (Å²) in [6.07, 6.45) is 8.27. The largest absolute Gasteiger partial charge is 0.357 e. The van der Waals surface area contributed by atoms with Crippen LogP contribution < -0.4 is 11.1 Å². The molecule has 3 N–H and O–H groups in total. The van der Waals surface area contributed by atoms with Crippen LogP contribution >= 0.6 is 0 Å². The fourth-order valence-corrected chi connectivity index (χ4v) is 5.45. The van der Waals surface area contributed by atoms with Crippen molar-refractivity contribution in [1.82, 2.24) is 14.8 Å². The summed E-state index contributed by atoms with van der Waals surface area (Å²) in [4.78, 5) is 0. The molecule has 4 aliphatic carbocycles. The Kier molecular flexibility index (Phi) is 2.43. The van der Waals surface area contributed by atoms with E-state index in [1.54, 1.807) is 0 Å². The van der Waals surface area contributed by atoms with Gasteiger partial charge >= 0.3 is 0 Å². The first-order chi connectivity index (χ1) is 9.24. The van der Waals surface area contributed by atoms with Crippen molar-refractivity contribution in [3.05, 3.63) is 5.82 Å². The Morgan fingerprint density at radius 2 is 1.74 bits per heavy atom. The molecule has 5 rings (SSSR count). The second-order valence-corrected chi connectivity index (χ2v) is 6.87. The van der Waals surface area contributed by atoms with Crippen molar-refractivity contribution in [3.63, 3.8) is 0 Å². The first kappa shape index (κ1) is 11.7. The standard InChI is InChI=1S/C14H23N5/c1-16-13-18-17-12(8-15)19(13)14-5-9-2-10(6-14)4-11(3-9)7-14/h9-11H,2-8,15H2,1H3,(H,16,18). The Morgan fingerprint density at radius 1 is 1.16 bits per heavy atom. The van der Waals surface area contributed by atoms with Gasteiger partial charge < -0.3 is 11.1 Å². The molecule has 104 valence electrons. The first-order valence-corrected chi connectivity index (χ1v) is 7.56. The zero-order valence-electron chi connectivity index (χ0n) is 11.6. The molecule has 4 saturated carbocycles. The molecule has 1 aromatic heterocycles. The van der Waals surface area contributed by atoms with Gasteiger partial charge in [0.25, 0.3) is 0 Å². The Morgan fingerprint density at radius 3 is 2.21 bits per heavy atom. The zero-order valence-corrected chi connectivity index (χ0v) is 11.6. The third-order valence-corrected chi connectivity index (χ3v) is 5.62. The van der Waals surface area contributed by atoms with Gasteiger partial charge in [0.05, 0.1) is 12.1 Å². The van der Waals surface area contributed by atoms with Crippen molar-refractivity contribution in [2.45, 2.75) is 50.6 Å². The Labute approximate surface area is 114 Å². The third kappa shape index (κ3) is 1.57. The number of nitrogens with one attached hydrogen (secondary N) is 1. The average Bonchev–Trinajstić information content (AvgIpc) is 2.80. The number of hydrogen-bond acceptors (Lipinski definition) is 4. The maximum Gasteiger partial charge on any atom is 0.224 e. The zero-order chi connectivity index (χ0) is 13.0. The smallest absolute Gasteiger partial charge is 0.224 e. The van der Waals surface area contributed by atoms with Crippen LogP contribution in [-0.2, 0) is 12.1 Å². The molecule has 0 saturated heterocycles. The fourth-order valence-electron chi connectivity index (χ4n) is 5.45. The summed E-state index contributed by atoms with van der Waals surface area (Å²) in [5, 5.41) is 11.8. The SMILES string of the molecule is CNc1nnc(CN)n1C12CC3CC(CC(C3)C1)C2. The van der Waals surface area contributed by atoms with Gasteiger partial charge in [0.1, 0.15) is 5.82 Å². The Hall–Kier alpha value is -1.10. The molecule has 0 unspecified atom stereocenters. The van der Waals surface area contributed by atoms with Crippen LogP contribution in [0.3, 0.4) is 0 Å². The second-order valence-electron chi connectivity index (χ2n) is 6.87. The van der Waals surface area contributed by atoms with Gasteiger partial charge in [-0.1, -0.05) is 0 Å². The minimum Gasteiger partial charge on any atom is -0.357 e. The number of nitrogens with two attached hydrogens (primary N) is 1. The van der Waals surface area contributed by atoms with Gasteiger partial charge in [0.15, 0.2) is 0 Å². The van der Waals surface area contributed by atoms with Crippen LogP contribution in [0.2, 0.25) is 0 Å². The first-order valence-electron chi connectivity index (χ1n) is 7.56. The molecule has 5 nitrogen and oxygen atoms in total. The van der Waals surface area contributed by atoms with E-state index < -0.39 is 0 Å². The minimum atomic E-state index is 0.255. The molecule has 0 atom stereocenters. The highest BCUT2D eigenvalue weighted by Gasteiger charge is 2.53. The summed E-state index contributed by atoms with van der Waals surface area (Å²) in [6.45, 7) is 0.483. The van der Waals surface area contributed by atoms with Gasteiger partial charge in [-0.2, -0.15) is 0 Å². The number of nitrogens with zero attached hydrogens (tertiary/aromatic N) is 3. The second kappa shape index (κ2) is 3.95. The van der Waals surface area contributed by atoms with Crippen molar-refractivity contribution in [3.8, 4) is 0 Å². The summed E-state index contributed by atoms with van der Waals surface area (Å²) in [5.74, 6) is 4.62. The lowest BCUT2D eigenvalue weighted by Crippen LogP contribution is -2.52. The highest BCUT2D eigenvalue weighted by atomic mass is 15.4. The van der Waals surface area contributed by atoms with Crippen molar-refractivity contribution in [2.24, 2.45) is 23.5 Å². The van der Waals surface area contributed by atoms with Crippen LogP contribution in [0.15, 0.2) is 0 Å². The van der Waals surface area contributed by atoms with Crippen LogP contribution in [0, 0.1) is 17.8 Å². The lowest BCUT2D eigenvalue weighted by Gasteiger charge is -2.57. The van der Waals surface area contributed by atoms with Crippen LogP contribution in [-0.4, -0.2) is 21.8 Å². The highest BCUT2D eigenvalue weighted by Crippen LogP contribution is 2.59. The molecule has 4 bridgehead atoms. The van der Waals surface area contributed by atoms with E-state index in [1.807, 2.05) is 7.05 Å². The summed E-state index contributed by atoms with van der Waals surface area (Å²) in [5.41, 5.74) is 6.14. The van der Waals surface area contributed by atoms with E-state index in [-0.39, 0.29) is 5.54 Å². The van der Waals surface area contributed by atoms with E-state index in [2.05, 4.69) is 20.1 Å². The van der Waals surface area contributed by atoms with Gasteiger partial charge in [-0.3, -0.25) is 4.57 Å². The molecule has 0 radical (unpaired) electrons. The number of aromatic nitrogens is 3. The van der Waals surface area contributed by atoms with E-state index >= 15 is 0 Å². The Balaban J connectivity index is 1.81. The minimum absolute atomic E-state index is 0.255. The number of anilines is 1. The fraction of sp³-hybridized carbons (Fsp3) is 0.857. The topological polar surface area (TPSA) is 68.8 Å².